The van der Waals surface area contributed by atoms with Crippen molar-refractivity contribution >= 4 is 11.6 Å². The van der Waals surface area contributed by atoms with Gasteiger partial charge in [0, 0.05) is 23.7 Å². The zero-order valence-electron chi connectivity index (χ0n) is 10.8. The Morgan fingerprint density at radius 1 is 1.18 bits per heavy atom. The maximum absolute atomic E-state index is 11.7. The highest BCUT2D eigenvalue weighted by molar-refractivity contribution is 5.95. The average molecular weight is 233 g/mol. The number of amides is 1. The van der Waals surface area contributed by atoms with Crippen molar-refractivity contribution in [1.29, 1.82) is 0 Å². The molecule has 1 amide bonds. The second-order valence-electron chi connectivity index (χ2n) is 4.52. The summed E-state index contributed by atoms with van der Waals surface area (Å²) in [6.07, 6.45) is 3.18. The van der Waals surface area contributed by atoms with E-state index >= 15 is 0 Å². The van der Waals surface area contributed by atoms with Gasteiger partial charge in [0.2, 0.25) is 0 Å². The standard InChI is InChI=1S/C13H19N3O/c1-9(2)12(10(3)4)15-16-13(17)11-5-7-14-8-6-11/h5-10H,1-4H3,(H,16,17). The van der Waals surface area contributed by atoms with Crippen molar-refractivity contribution in [2.75, 3.05) is 0 Å². The van der Waals surface area contributed by atoms with E-state index in [1.807, 2.05) is 0 Å². The molecule has 1 N–H and O–H groups in total. The molecule has 0 aromatic carbocycles. The molecule has 1 heterocycles. The van der Waals surface area contributed by atoms with E-state index in [4.69, 9.17) is 0 Å². The third-order valence-electron chi connectivity index (χ3n) is 2.41. The van der Waals surface area contributed by atoms with Crippen molar-refractivity contribution in [3.05, 3.63) is 30.1 Å². The van der Waals surface area contributed by atoms with Crippen LogP contribution in [0.3, 0.4) is 0 Å². The van der Waals surface area contributed by atoms with Crippen LogP contribution in [0, 0.1) is 11.8 Å². The number of nitrogens with zero attached hydrogens (tertiary/aromatic N) is 2. The highest BCUT2D eigenvalue weighted by atomic mass is 16.2. The van der Waals surface area contributed by atoms with Gasteiger partial charge in [-0.15, -0.1) is 0 Å². The third kappa shape index (κ3) is 3.98. The number of rotatable bonds is 4. The molecule has 0 spiro atoms. The molecular weight excluding hydrogens is 214 g/mol. The Morgan fingerprint density at radius 3 is 2.18 bits per heavy atom. The number of hydrogen-bond acceptors (Lipinski definition) is 3. The predicted molar refractivity (Wildman–Crippen MR) is 68.8 cm³/mol. The first-order chi connectivity index (χ1) is 8.02. The fraction of sp³-hybridized carbons (Fsp3) is 0.462. The van der Waals surface area contributed by atoms with Crippen molar-refractivity contribution in [3.63, 3.8) is 0 Å². The first-order valence-electron chi connectivity index (χ1n) is 5.80. The number of hydrogen-bond donors (Lipinski definition) is 1. The normalized spacial score (nSPS) is 10.5. The fourth-order valence-electron chi connectivity index (χ4n) is 1.61. The summed E-state index contributed by atoms with van der Waals surface area (Å²) in [5.41, 5.74) is 4.14. The predicted octanol–water partition coefficient (Wildman–Crippen LogP) is 2.48. The average Bonchev–Trinajstić information content (AvgIpc) is 2.29. The molecule has 0 saturated carbocycles. The maximum atomic E-state index is 11.7. The summed E-state index contributed by atoms with van der Waals surface area (Å²) in [5, 5.41) is 4.20. The van der Waals surface area contributed by atoms with Crippen molar-refractivity contribution in [3.8, 4) is 0 Å². The van der Waals surface area contributed by atoms with Gasteiger partial charge >= 0.3 is 0 Å². The Labute approximate surface area is 102 Å². The Kier molecular flexibility index (Phi) is 4.82. The number of carbonyl (C=O) groups excluding carboxylic acids is 1. The van der Waals surface area contributed by atoms with Crippen LogP contribution in [0.1, 0.15) is 38.1 Å². The molecule has 4 nitrogen and oxygen atoms in total. The first-order valence-corrected chi connectivity index (χ1v) is 5.80. The Bertz CT molecular complexity index is 386. The smallest absolute Gasteiger partial charge is 0.267 e. The van der Waals surface area contributed by atoms with Crippen LogP contribution < -0.4 is 5.43 Å². The third-order valence-corrected chi connectivity index (χ3v) is 2.41. The molecule has 1 rings (SSSR count). The summed E-state index contributed by atoms with van der Waals surface area (Å²) in [7, 11) is 0. The van der Waals surface area contributed by atoms with Gasteiger partial charge in [-0.1, -0.05) is 27.7 Å². The highest BCUT2D eigenvalue weighted by Crippen LogP contribution is 2.07. The van der Waals surface area contributed by atoms with Crippen LogP contribution in [0.25, 0.3) is 0 Å². The molecule has 0 bridgehead atoms. The minimum atomic E-state index is -0.203. The second-order valence-corrected chi connectivity index (χ2v) is 4.52. The van der Waals surface area contributed by atoms with Gasteiger partial charge in [-0.2, -0.15) is 5.10 Å². The number of aromatic nitrogens is 1. The molecule has 0 aliphatic carbocycles. The molecule has 0 atom stereocenters. The van der Waals surface area contributed by atoms with Gasteiger partial charge in [-0.05, 0) is 24.0 Å². The molecule has 92 valence electrons. The molecular formula is C13H19N3O. The Morgan fingerprint density at radius 2 is 1.71 bits per heavy atom. The van der Waals surface area contributed by atoms with E-state index in [9.17, 15) is 4.79 Å². The van der Waals surface area contributed by atoms with Crippen LogP contribution in [-0.4, -0.2) is 16.6 Å². The van der Waals surface area contributed by atoms with Gasteiger partial charge in [-0.3, -0.25) is 9.78 Å². The van der Waals surface area contributed by atoms with Gasteiger partial charge in [0.25, 0.3) is 5.91 Å². The van der Waals surface area contributed by atoms with Gasteiger partial charge in [-0.25, -0.2) is 5.43 Å². The molecule has 0 fully saturated rings. The number of pyridine rings is 1. The Balaban J connectivity index is 2.72. The number of carbonyl (C=O) groups is 1. The van der Waals surface area contributed by atoms with Gasteiger partial charge in [0.05, 0.1) is 0 Å². The summed E-state index contributed by atoms with van der Waals surface area (Å²) >= 11 is 0. The SMILES string of the molecule is CC(C)C(=NNC(=O)c1ccncc1)C(C)C. The van der Waals surface area contributed by atoms with Crippen LogP contribution >= 0.6 is 0 Å². The largest absolute Gasteiger partial charge is 0.271 e. The molecule has 0 aliphatic heterocycles. The number of nitrogens with one attached hydrogen (secondary N) is 1. The van der Waals surface area contributed by atoms with Crippen LogP contribution in [-0.2, 0) is 0 Å². The summed E-state index contributed by atoms with van der Waals surface area (Å²) in [6, 6.07) is 3.32. The summed E-state index contributed by atoms with van der Waals surface area (Å²) in [5.74, 6) is 0.451. The molecule has 0 saturated heterocycles. The zero-order valence-corrected chi connectivity index (χ0v) is 10.8. The van der Waals surface area contributed by atoms with Crippen LogP contribution in [0.2, 0.25) is 0 Å². The lowest BCUT2D eigenvalue weighted by molar-refractivity contribution is 0.0954. The molecule has 17 heavy (non-hydrogen) atoms. The van der Waals surface area contributed by atoms with Crippen molar-refractivity contribution in [1.82, 2.24) is 10.4 Å². The molecule has 0 aliphatic rings. The van der Waals surface area contributed by atoms with Crippen LogP contribution in [0.5, 0.6) is 0 Å². The first kappa shape index (κ1) is 13.4. The lowest BCUT2D eigenvalue weighted by Gasteiger charge is -2.13. The lowest BCUT2D eigenvalue weighted by atomic mass is 9.98. The van der Waals surface area contributed by atoms with Crippen LogP contribution in [0.15, 0.2) is 29.6 Å². The van der Waals surface area contributed by atoms with Gasteiger partial charge in [0.15, 0.2) is 0 Å². The van der Waals surface area contributed by atoms with E-state index < -0.39 is 0 Å². The van der Waals surface area contributed by atoms with E-state index in [0.29, 0.717) is 17.4 Å². The van der Waals surface area contributed by atoms with E-state index in [-0.39, 0.29) is 5.91 Å². The highest BCUT2D eigenvalue weighted by Gasteiger charge is 2.11. The zero-order chi connectivity index (χ0) is 12.8. The maximum Gasteiger partial charge on any atom is 0.271 e. The molecule has 0 unspecified atom stereocenters. The van der Waals surface area contributed by atoms with E-state index in [1.165, 1.54) is 0 Å². The van der Waals surface area contributed by atoms with E-state index in [1.54, 1.807) is 24.5 Å². The van der Waals surface area contributed by atoms with Gasteiger partial charge in [0.1, 0.15) is 0 Å². The Hall–Kier alpha value is -1.71. The fourth-order valence-corrected chi connectivity index (χ4v) is 1.61. The van der Waals surface area contributed by atoms with E-state index in [2.05, 4.69) is 43.2 Å². The summed E-state index contributed by atoms with van der Waals surface area (Å²) < 4.78 is 0. The molecule has 0 radical (unpaired) electrons. The minimum absolute atomic E-state index is 0.203. The van der Waals surface area contributed by atoms with Crippen molar-refractivity contribution < 1.29 is 4.79 Å². The lowest BCUT2D eigenvalue weighted by Crippen LogP contribution is -2.24. The monoisotopic (exact) mass is 233 g/mol. The summed E-state index contributed by atoms with van der Waals surface area (Å²) in [4.78, 5) is 15.6. The van der Waals surface area contributed by atoms with Gasteiger partial charge < -0.3 is 0 Å². The second kappa shape index (κ2) is 6.13. The van der Waals surface area contributed by atoms with Crippen molar-refractivity contribution in [2.24, 2.45) is 16.9 Å². The van der Waals surface area contributed by atoms with Crippen LogP contribution in [0.4, 0.5) is 0 Å². The topological polar surface area (TPSA) is 54.4 Å². The molecule has 4 heteroatoms. The quantitative estimate of drug-likeness (QED) is 0.641. The number of hydrazone groups is 1. The minimum Gasteiger partial charge on any atom is -0.267 e. The molecule has 1 aromatic heterocycles. The van der Waals surface area contributed by atoms with Crippen molar-refractivity contribution in [2.45, 2.75) is 27.7 Å². The molecule has 1 aromatic rings. The van der Waals surface area contributed by atoms with E-state index in [0.717, 1.165) is 5.71 Å². The summed E-state index contributed by atoms with van der Waals surface area (Å²) in [6.45, 7) is 8.27.